The summed E-state index contributed by atoms with van der Waals surface area (Å²) in [5.41, 5.74) is 15.1. The van der Waals surface area contributed by atoms with Crippen LogP contribution >= 0.6 is 0 Å². The number of amides is 3. The molecule has 0 aromatic carbocycles. The Labute approximate surface area is 246 Å². The third-order valence-corrected chi connectivity index (χ3v) is 7.40. The van der Waals surface area contributed by atoms with Gasteiger partial charge in [0.25, 0.3) is 11.8 Å². The van der Waals surface area contributed by atoms with E-state index in [2.05, 4.69) is 10.5 Å². The molecule has 3 amide bonds. The largest absolute Gasteiger partial charge is 2.00 e. The molecule has 3 fully saturated rings. The minimum Gasteiger partial charge on any atom is -0.675 e. The number of imide groups is 1. The van der Waals surface area contributed by atoms with Crippen molar-refractivity contribution in [1.82, 2.24) is 10.3 Å². The third-order valence-electron chi connectivity index (χ3n) is 7.40. The molecular weight excluding hydrogens is 709 g/mol. The van der Waals surface area contributed by atoms with Crippen LogP contribution in [0.2, 0.25) is 0 Å². The van der Waals surface area contributed by atoms with Crippen molar-refractivity contribution in [2.24, 2.45) is 22.4 Å². The van der Waals surface area contributed by atoms with Gasteiger partial charge in [0.1, 0.15) is 0 Å². The summed E-state index contributed by atoms with van der Waals surface area (Å²) in [5.74, 6) is -4.42. The third kappa shape index (κ3) is 7.82. The van der Waals surface area contributed by atoms with Crippen molar-refractivity contribution in [2.45, 2.75) is 70.4 Å². The van der Waals surface area contributed by atoms with Gasteiger partial charge in [-0.3, -0.25) is 28.9 Å². The minimum absolute atomic E-state index is 0. The SMILES string of the molecule is CC1(C)O[C@H](C[NH-])[C@@H](C[NH-])O1.O=C(NN=C1CC(C(=O)O)(C(=O)O)C1)C1CCC(CN2C(=O)C=CC2=O)CC1.[Pt+2]. The molecule has 4 aliphatic rings. The van der Waals surface area contributed by atoms with Crippen molar-refractivity contribution in [3.05, 3.63) is 23.6 Å². The van der Waals surface area contributed by atoms with Gasteiger partial charge in [-0.2, -0.15) is 5.10 Å². The maximum absolute atomic E-state index is 12.2. The summed E-state index contributed by atoms with van der Waals surface area (Å²) >= 11 is 0. The number of carbonyl (C=O) groups excluding carboxylic acids is 3. The Morgan fingerprint density at radius 1 is 0.975 bits per heavy atom. The van der Waals surface area contributed by atoms with E-state index < -0.39 is 23.1 Å². The first-order valence-electron chi connectivity index (χ1n) is 12.8. The van der Waals surface area contributed by atoms with Crippen LogP contribution in [0.25, 0.3) is 11.5 Å². The summed E-state index contributed by atoms with van der Waals surface area (Å²) in [6.45, 7) is 4.32. The normalized spacial score (nSPS) is 28.1. The molecule has 2 atom stereocenters. The van der Waals surface area contributed by atoms with E-state index in [1.807, 2.05) is 13.8 Å². The zero-order valence-electron chi connectivity index (χ0n) is 22.3. The Morgan fingerprint density at radius 3 is 1.88 bits per heavy atom. The molecule has 4 rings (SSSR count). The van der Waals surface area contributed by atoms with Gasteiger partial charge in [0.05, 0.1) is 12.2 Å². The number of carboxylic acids is 2. The van der Waals surface area contributed by atoms with E-state index in [9.17, 15) is 24.0 Å². The second-order valence-electron chi connectivity index (χ2n) is 10.7. The van der Waals surface area contributed by atoms with Crippen molar-refractivity contribution >= 4 is 35.4 Å². The predicted octanol–water partition coefficient (Wildman–Crippen LogP) is 1.75. The molecule has 0 spiro atoms. The first-order chi connectivity index (χ1) is 18.3. The molecule has 224 valence electrons. The summed E-state index contributed by atoms with van der Waals surface area (Å²) in [6.07, 6.45) is 4.21. The first kappa shape index (κ1) is 33.7. The molecule has 0 unspecified atom stereocenters. The van der Waals surface area contributed by atoms with Crippen LogP contribution in [-0.4, -0.2) is 88.1 Å². The number of nitrogens with zero attached hydrogens (tertiary/aromatic N) is 2. The molecule has 0 radical (unpaired) electrons. The van der Waals surface area contributed by atoms with Crippen LogP contribution in [-0.2, 0) is 54.5 Å². The number of hydrazone groups is 1. The second-order valence-corrected chi connectivity index (χ2v) is 10.7. The van der Waals surface area contributed by atoms with Gasteiger partial charge in [-0.05, 0) is 45.4 Å². The smallest absolute Gasteiger partial charge is 0.675 e. The Hall–Kier alpha value is -2.51. The van der Waals surface area contributed by atoms with E-state index in [0.29, 0.717) is 37.9 Å². The average Bonchev–Trinajstić information content (AvgIpc) is 3.35. The number of hydrogen-bond acceptors (Lipinski definition) is 8. The molecule has 5 N–H and O–H groups in total. The fraction of sp³-hybridized carbons (Fsp3) is 0.680. The van der Waals surface area contributed by atoms with Crippen molar-refractivity contribution in [3.8, 4) is 0 Å². The molecular formula is C25H35N5O9Pt. The van der Waals surface area contributed by atoms with Gasteiger partial charge >= 0.3 is 33.0 Å². The fourth-order valence-corrected chi connectivity index (χ4v) is 5.07. The van der Waals surface area contributed by atoms with Gasteiger partial charge < -0.3 is 31.2 Å². The molecule has 0 aromatic rings. The molecule has 2 aliphatic heterocycles. The molecule has 2 aliphatic carbocycles. The first-order valence-corrected chi connectivity index (χ1v) is 12.8. The van der Waals surface area contributed by atoms with Crippen molar-refractivity contribution < 1.29 is 64.7 Å². The van der Waals surface area contributed by atoms with Crippen molar-refractivity contribution in [1.29, 1.82) is 0 Å². The average molecular weight is 745 g/mol. The Balaban J connectivity index is 0.000000394. The number of ether oxygens (including phenoxy) is 2. The molecule has 1 saturated heterocycles. The molecule has 40 heavy (non-hydrogen) atoms. The van der Waals surface area contributed by atoms with Gasteiger partial charge in [-0.25, -0.2) is 5.43 Å². The van der Waals surface area contributed by atoms with Crippen LogP contribution in [0.3, 0.4) is 0 Å². The number of hydrogen-bond donors (Lipinski definition) is 3. The molecule has 15 heteroatoms. The number of carboxylic acid groups (broad SMARTS) is 2. The number of rotatable bonds is 8. The van der Waals surface area contributed by atoms with Crippen LogP contribution in [0, 0.1) is 17.3 Å². The molecule has 0 aromatic heterocycles. The fourth-order valence-electron chi connectivity index (χ4n) is 5.07. The van der Waals surface area contributed by atoms with Gasteiger partial charge in [0.2, 0.25) is 5.91 Å². The number of aliphatic carboxylic acids is 2. The number of carbonyl (C=O) groups is 5. The summed E-state index contributed by atoms with van der Waals surface area (Å²) < 4.78 is 10.7. The predicted molar refractivity (Wildman–Crippen MR) is 136 cm³/mol. The van der Waals surface area contributed by atoms with E-state index >= 15 is 0 Å². The van der Waals surface area contributed by atoms with Crippen LogP contribution in [0.1, 0.15) is 52.4 Å². The molecule has 2 saturated carbocycles. The zero-order chi connectivity index (χ0) is 29.0. The van der Waals surface area contributed by atoms with Gasteiger partial charge in [0.15, 0.2) is 11.2 Å². The minimum atomic E-state index is -1.85. The topological polar surface area (TPSA) is 219 Å². The van der Waals surface area contributed by atoms with E-state index in [1.54, 1.807) is 0 Å². The van der Waals surface area contributed by atoms with Gasteiger partial charge in [0, 0.05) is 43.2 Å². The zero-order valence-corrected chi connectivity index (χ0v) is 24.6. The Kier molecular flexibility index (Phi) is 11.7. The standard InChI is InChI=1S/C18H21N3O7.C7H14N2O2.Pt/c22-13-5-6-14(23)21(13)9-10-1-3-11(4-2-10)15(24)20-19-12-7-18(8-12,16(25)26)17(27)28;1-7(2)10-5(3-8)6(4-9)11-7;/h5-6,10-11H,1-4,7-9H2,(H,20,24)(H,25,26)(H,27,28);5-6,8-9H,3-4H2,1-2H3;/q;-2;+2/t;5-,6-;/m.1./s1. The van der Waals surface area contributed by atoms with Crippen LogP contribution < -0.4 is 5.43 Å². The summed E-state index contributed by atoms with van der Waals surface area (Å²) in [6, 6.07) is 0. The van der Waals surface area contributed by atoms with E-state index in [4.69, 9.17) is 31.2 Å². The molecule has 0 bridgehead atoms. The van der Waals surface area contributed by atoms with Crippen LogP contribution in [0.5, 0.6) is 0 Å². The number of nitrogens with one attached hydrogen (secondary N) is 3. The Morgan fingerprint density at radius 2 is 1.45 bits per heavy atom. The summed E-state index contributed by atoms with van der Waals surface area (Å²) in [7, 11) is 0. The monoisotopic (exact) mass is 744 g/mol. The molecule has 14 nitrogen and oxygen atoms in total. The van der Waals surface area contributed by atoms with Crippen LogP contribution in [0.4, 0.5) is 0 Å². The van der Waals surface area contributed by atoms with Crippen molar-refractivity contribution in [3.63, 3.8) is 0 Å². The Bertz CT molecular complexity index is 999. The van der Waals surface area contributed by atoms with Crippen molar-refractivity contribution in [2.75, 3.05) is 19.6 Å². The van der Waals surface area contributed by atoms with Gasteiger partial charge in [-0.15, -0.1) is 13.1 Å². The maximum Gasteiger partial charge on any atom is 2.00 e. The quantitative estimate of drug-likeness (QED) is 0.187. The second kappa shape index (κ2) is 13.9. The van der Waals surface area contributed by atoms with E-state index in [0.717, 1.165) is 0 Å². The molecule has 2 heterocycles. The van der Waals surface area contributed by atoms with Gasteiger partial charge in [-0.1, -0.05) is 0 Å². The summed E-state index contributed by atoms with van der Waals surface area (Å²) in [4.78, 5) is 58.9. The maximum atomic E-state index is 12.2. The van der Waals surface area contributed by atoms with E-state index in [-0.39, 0.29) is 88.8 Å². The summed E-state index contributed by atoms with van der Waals surface area (Å²) in [5, 5.41) is 22.0. The van der Waals surface area contributed by atoms with Crippen LogP contribution in [0.15, 0.2) is 17.3 Å². The van der Waals surface area contributed by atoms with E-state index in [1.165, 1.54) is 17.1 Å².